The van der Waals surface area contributed by atoms with E-state index in [1.807, 2.05) is 0 Å². The number of esters is 3. The molecule has 2 fully saturated rings. The normalized spacial score (nSPS) is 30.6. The fourth-order valence-corrected chi connectivity index (χ4v) is 3.91. The minimum atomic E-state index is -1.72. The Kier molecular flexibility index (Phi) is 14.8. The maximum absolute atomic E-state index is 12.5. The summed E-state index contributed by atoms with van der Waals surface area (Å²) in [6.07, 6.45) is -13.6. The number of carbonyl (C=O) groups excluding carboxylic acids is 3. The van der Waals surface area contributed by atoms with Crippen LogP contribution < -0.4 is 0 Å². The van der Waals surface area contributed by atoms with Crippen molar-refractivity contribution in [1.29, 1.82) is 0 Å². The second-order valence-electron chi connectivity index (χ2n) is 9.89. The Morgan fingerprint density at radius 3 is 1.74 bits per heavy atom. The first kappa shape index (κ1) is 36.4. The second-order valence-corrected chi connectivity index (χ2v) is 9.89. The van der Waals surface area contributed by atoms with Crippen LogP contribution in [0.25, 0.3) is 0 Å². The van der Waals surface area contributed by atoms with Gasteiger partial charge in [0.05, 0.1) is 13.2 Å². The summed E-state index contributed by atoms with van der Waals surface area (Å²) in [6.45, 7) is 8.32. The maximum atomic E-state index is 12.5. The number of aliphatic hydroxyl groups is 7. The molecule has 0 unspecified atom stereocenters. The number of carbonyl (C=O) groups is 3. The Bertz CT molecular complexity index is 997. The summed E-state index contributed by atoms with van der Waals surface area (Å²) < 4.78 is 31.3. The van der Waals surface area contributed by atoms with E-state index in [-0.39, 0.29) is 62.4 Å². The zero-order chi connectivity index (χ0) is 32.3. The fraction of sp³-hybridized carbons (Fsp3) is 0.667. The van der Waals surface area contributed by atoms with Crippen molar-refractivity contribution < 1.29 is 78.6 Å². The van der Waals surface area contributed by atoms with E-state index in [1.54, 1.807) is 0 Å². The number of ether oxygens (including phenoxy) is 6. The molecule has 7 N–H and O–H groups in total. The smallest absolute Gasteiger partial charge is 0.333 e. The van der Waals surface area contributed by atoms with Crippen LogP contribution in [0.5, 0.6) is 0 Å². The quantitative estimate of drug-likeness (QED) is 0.0508. The van der Waals surface area contributed by atoms with Gasteiger partial charge < -0.3 is 64.2 Å². The summed E-state index contributed by atoms with van der Waals surface area (Å²) in [7, 11) is 0. The predicted octanol–water partition coefficient (Wildman–Crippen LogP) is -3.25. The van der Waals surface area contributed by atoms with Crippen LogP contribution in [0.2, 0.25) is 0 Å². The van der Waals surface area contributed by atoms with E-state index in [0.717, 1.165) is 0 Å². The van der Waals surface area contributed by atoms with Crippen molar-refractivity contribution in [3.63, 3.8) is 0 Å². The fourth-order valence-electron chi connectivity index (χ4n) is 3.91. The van der Waals surface area contributed by atoms with Gasteiger partial charge in [0.15, 0.2) is 12.4 Å². The van der Waals surface area contributed by atoms with Crippen LogP contribution in [0.15, 0.2) is 36.5 Å². The van der Waals surface area contributed by atoms with Crippen molar-refractivity contribution in [2.45, 2.75) is 74.4 Å². The highest BCUT2D eigenvalue weighted by Gasteiger charge is 2.45. The van der Waals surface area contributed by atoms with Gasteiger partial charge in [0.1, 0.15) is 55.9 Å². The molecular formula is C27H40O16. The molecule has 0 aliphatic carbocycles. The molecule has 0 aromatic heterocycles. The van der Waals surface area contributed by atoms with Crippen molar-refractivity contribution >= 4 is 17.9 Å². The van der Waals surface area contributed by atoms with Crippen LogP contribution in [-0.4, -0.2) is 148 Å². The SMILES string of the molecule is C=C(CCO)C(=O)OC[C@H]1OC[C@@H](OC(=O)C(=C)CCO[C@@H]2O[C@H](COC(=O)C(=C)CCO)[C@@H](O)[C@H](O)[C@H]2O)[C@@H](O)[C@H]1O. The van der Waals surface area contributed by atoms with Crippen LogP contribution in [0.3, 0.4) is 0 Å². The first-order chi connectivity index (χ1) is 20.3. The molecule has 2 rings (SSSR count). The van der Waals surface area contributed by atoms with Crippen molar-refractivity contribution in [1.82, 2.24) is 0 Å². The molecule has 0 spiro atoms. The van der Waals surface area contributed by atoms with Crippen molar-refractivity contribution in [3.05, 3.63) is 36.5 Å². The maximum Gasteiger partial charge on any atom is 0.333 e. The third-order valence-electron chi connectivity index (χ3n) is 6.65. The standard InChI is InChI=1S/C27H40O16/c1-13(4-7-28)24(35)40-10-16-19(30)20(31)17(11-39-16)42-26(37)15(3)6-9-38-27-23(34)22(33)21(32)18(43-27)12-41-25(36)14(2)5-8-29/h16-23,27-34H,1-12H2/t16-,17-,18-,19+,20-,21-,22+,23-,27-/m1/s1. The Morgan fingerprint density at radius 1 is 0.674 bits per heavy atom. The molecule has 2 aliphatic heterocycles. The molecule has 0 saturated carbocycles. The zero-order valence-electron chi connectivity index (χ0n) is 23.5. The summed E-state index contributed by atoms with van der Waals surface area (Å²) in [6, 6.07) is 0. The number of hydrogen-bond acceptors (Lipinski definition) is 16. The van der Waals surface area contributed by atoms with E-state index in [4.69, 9.17) is 38.6 Å². The zero-order valence-corrected chi connectivity index (χ0v) is 23.5. The van der Waals surface area contributed by atoms with E-state index >= 15 is 0 Å². The molecule has 0 bridgehead atoms. The molecule has 2 aliphatic rings. The molecule has 9 atom stereocenters. The molecule has 16 nitrogen and oxygen atoms in total. The van der Waals surface area contributed by atoms with Crippen LogP contribution in [0.4, 0.5) is 0 Å². The van der Waals surface area contributed by atoms with Gasteiger partial charge in [0.25, 0.3) is 0 Å². The second kappa shape index (κ2) is 17.5. The third kappa shape index (κ3) is 10.4. The largest absolute Gasteiger partial charge is 0.459 e. The van der Waals surface area contributed by atoms with Gasteiger partial charge in [-0.1, -0.05) is 19.7 Å². The lowest BCUT2D eigenvalue weighted by atomic mass is 9.99. The Labute approximate surface area is 247 Å². The van der Waals surface area contributed by atoms with Crippen molar-refractivity contribution in [2.24, 2.45) is 0 Å². The number of rotatable bonds is 16. The summed E-state index contributed by atoms with van der Waals surface area (Å²) >= 11 is 0. The summed E-state index contributed by atoms with van der Waals surface area (Å²) in [5, 5.41) is 69.0. The van der Waals surface area contributed by atoms with Crippen molar-refractivity contribution in [2.75, 3.05) is 39.6 Å². The van der Waals surface area contributed by atoms with E-state index in [2.05, 4.69) is 19.7 Å². The van der Waals surface area contributed by atoms with E-state index in [0.29, 0.717) is 0 Å². The van der Waals surface area contributed by atoms with Crippen LogP contribution in [0, 0.1) is 0 Å². The minimum absolute atomic E-state index is 0.00298. The number of hydrogen-bond donors (Lipinski definition) is 7. The molecule has 43 heavy (non-hydrogen) atoms. The van der Waals surface area contributed by atoms with Gasteiger partial charge in [0, 0.05) is 49.2 Å². The average molecular weight is 621 g/mol. The van der Waals surface area contributed by atoms with Crippen LogP contribution in [-0.2, 0) is 42.8 Å². The van der Waals surface area contributed by atoms with Gasteiger partial charge >= 0.3 is 17.9 Å². The Balaban J connectivity index is 1.80. The molecule has 0 amide bonds. The molecule has 0 aromatic rings. The van der Waals surface area contributed by atoms with Gasteiger partial charge in [-0.25, -0.2) is 14.4 Å². The van der Waals surface area contributed by atoms with E-state index < -0.39 is 86.2 Å². The lowest BCUT2D eigenvalue weighted by Crippen LogP contribution is -2.59. The minimum Gasteiger partial charge on any atom is -0.459 e. The van der Waals surface area contributed by atoms with Crippen LogP contribution >= 0.6 is 0 Å². The monoisotopic (exact) mass is 620 g/mol. The lowest BCUT2D eigenvalue weighted by molar-refractivity contribution is -0.301. The Morgan fingerprint density at radius 2 is 1.19 bits per heavy atom. The Hall–Kier alpha value is -2.77. The summed E-state index contributed by atoms with van der Waals surface area (Å²) in [5.74, 6) is -2.61. The van der Waals surface area contributed by atoms with Gasteiger partial charge in [0.2, 0.25) is 0 Å². The van der Waals surface area contributed by atoms with Crippen LogP contribution in [0.1, 0.15) is 19.3 Å². The number of aliphatic hydroxyl groups excluding tert-OH is 7. The molecule has 2 heterocycles. The molecule has 0 radical (unpaired) electrons. The van der Waals surface area contributed by atoms with Gasteiger partial charge in [-0.2, -0.15) is 0 Å². The van der Waals surface area contributed by atoms with Gasteiger partial charge in [-0.15, -0.1) is 0 Å². The predicted molar refractivity (Wildman–Crippen MR) is 142 cm³/mol. The first-order valence-electron chi connectivity index (χ1n) is 13.4. The lowest BCUT2D eigenvalue weighted by Gasteiger charge is -2.40. The highest BCUT2D eigenvalue weighted by atomic mass is 16.7. The third-order valence-corrected chi connectivity index (χ3v) is 6.65. The average Bonchev–Trinajstić information content (AvgIpc) is 2.98. The van der Waals surface area contributed by atoms with Crippen molar-refractivity contribution in [3.8, 4) is 0 Å². The highest BCUT2D eigenvalue weighted by Crippen LogP contribution is 2.24. The molecule has 244 valence electrons. The van der Waals surface area contributed by atoms with Gasteiger partial charge in [-0.3, -0.25) is 0 Å². The topological polar surface area (TPSA) is 248 Å². The van der Waals surface area contributed by atoms with E-state index in [1.165, 1.54) is 0 Å². The molecule has 2 saturated heterocycles. The highest BCUT2D eigenvalue weighted by molar-refractivity contribution is 5.88. The molecular weight excluding hydrogens is 580 g/mol. The summed E-state index contributed by atoms with van der Waals surface area (Å²) in [5.41, 5.74) is -0.127. The molecule has 0 aromatic carbocycles. The van der Waals surface area contributed by atoms with Gasteiger partial charge in [-0.05, 0) is 0 Å². The summed E-state index contributed by atoms with van der Waals surface area (Å²) in [4.78, 5) is 36.2. The first-order valence-corrected chi connectivity index (χ1v) is 13.4. The van der Waals surface area contributed by atoms with E-state index in [9.17, 15) is 39.9 Å². The molecule has 16 heteroatoms.